The van der Waals surface area contributed by atoms with Gasteiger partial charge in [0.2, 0.25) is 0 Å². The maximum Gasteiger partial charge on any atom is 0.0777 e. The van der Waals surface area contributed by atoms with Crippen LogP contribution >= 0.6 is 0 Å². The number of halogens is 2. The zero-order valence-electron chi connectivity index (χ0n) is 7.45. The van der Waals surface area contributed by atoms with Crippen LogP contribution in [0.25, 0.3) is 0 Å². The molecular formula is H14Cl2FeO14. The van der Waals surface area contributed by atoms with E-state index in [1.165, 1.54) is 0 Å². The third-order valence-electron chi connectivity index (χ3n) is 0. The Labute approximate surface area is 108 Å². The molecule has 0 aliphatic heterocycles. The molecule has 14 nitrogen and oxygen atoms in total. The van der Waals surface area contributed by atoms with Gasteiger partial charge in [0.25, 0.3) is 0 Å². The van der Waals surface area contributed by atoms with Gasteiger partial charge in [0.1, 0.15) is 0 Å². The van der Waals surface area contributed by atoms with Crippen LogP contribution in [-0.2, 0) is 17.1 Å². The van der Waals surface area contributed by atoms with Gasteiger partial charge in [0, 0.05) is 17.1 Å². The van der Waals surface area contributed by atoms with Crippen molar-refractivity contribution in [3.8, 4) is 0 Å². The van der Waals surface area contributed by atoms with Gasteiger partial charge in [-0.3, -0.25) is 0 Å². The van der Waals surface area contributed by atoms with E-state index in [0.29, 0.717) is 0 Å². The summed E-state index contributed by atoms with van der Waals surface area (Å²) in [6.45, 7) is 0. The fourth-order valence-corrected chi connectivity index (χ4v) is 0. The van der Waals surface area contributed by atoms with Crippen molar-refractivity contribution in [1.82, 2.24) is 0 Å². The Bertz CT molecular complexity index is 57.2. The zero-order chi connectivity index (χ0) is 9.00. The molecule has 0 bridgehead atoms. The van der Waals surface area contributed by atoms with Gasteiger partial charge in [-0.05, 0) is 0 Å². The molecule has 0 atom stereocenters. The Kier molecular flexibility index (Phi) is 98.3. The van der Waals surface area contributed by atoms with Crippen LogP contribution in [0.4, 0.5) is 0 Å². The second-order valence-corrected chi connectivity index (χ2v) is 2.38. The summed E-state index contributed by atoms with van der Waals surface area (Å²) in [4.78, 5) is 0. The van der Waals surface area contributed by atoms with Crippen molar-refractivity contribution >= 4 is 0 Å². The van der Waals surface area contributed by atoms with Crippen LogP contribution in [0.1, 0.15) is 0 Å². The monoisotopic (exact) mass is 364 g/mol. The molecule has 0 aromatic heterocycles. The third kappa shape index (κ3) is 12000. The maximum atomic E-state index is 8.60. The van der Waals surface area contributed by atoms with Crippen LogP contribution in [-0.4, -0.2) is 42.2 Å². The van der Waals surface area contributed by atoms with Crippen LogP contribution in [0, 0.1) is 20.5 Å². The van der Waals surface area contributed by atoms with Crippen molar-refractivity contribution in [1.29, 1.82) is 0 Å². The predicted octanol–water partition coefficient (Wildman–Crippen LogP) is -13.2. The number of hydrogen-bond acceptors (Lipinski definition) is 8. The molecule has 0 radical (unpaired) electrons. The minimum absolute atomic E-state index is 0. The van der Waals surface area contributed by atoms with Crippen molar-refractivity contribution in [2.45, 2.75) is 0 Å². The molecule has 14 N–H and O–H groups in total. The summed E-state index contributed by atoms with van der Waals surface area (Å²) < 4.78 is 65.4. The van der Waals surface area contributed by atoms with Crippen molar-refractivity contribution < 1.29 is 108 Å². The van der Waals surface area contributed by atoms with Gasteiger partial charge in [-0.1, -0.05) is 0 Å². The molecule has 0 rings (SSSR count). The van der Waals surface area contributed by atoms with E-state index in [-0.39, 0.29) is 49.9 Å². The van der Waals surface area contributed by atoms with Gasteiger partial charge in [-0.25, -0.2) is 0 Å². The Balaban J connectivity index is -0.00000000762. The average Bonchev–Trinajstić information content (AvgIpc) is 1.12. The Morgan fingerprint density at radius 1 is 0.471 bits per heavy atom. The summed E-state index contributed by atoms with van der Waals surface area (Å²) in [7, 11) is -9.39. The summed E-state index contributed by atoms with van der Waals surface area (Å²) in [5, 5.41) is 0. The smallest absolute Gasteiger partial charge is 0.0777 e. The molecule has 120 valence electrons. The van der Waals surface area contributed by atoms with Crippen LogP contribution in [0.5, 0.6) is 0 Å². The van der Waals surface area contributed by atoms with Crippen LogP contribution in [0.3, 0.4) is 0 Å². The first-order valence-electron chi connectivity index (χ1n) is 1.26. The first-order chi connectivity index (χ1) is 4.00. The van der Waals surface area contributed by atoms with Crippen molar-refractivity contribution in [3.63, 3.8) is 0 Å². The Morgan fingerprint density at radius 3 is 0.471 bits per heavy atom. The standard InChI is InChI=1S/2ClHO4.Fe.6H2O/c2*2-1(3,4)5;;;;;;;/h2*(H,2,3,4,5);;6*1H2. The van der Waals surface area contributed by atoms with Crippen LogP contribution in [0.15, 0.2) is 0 Å². The fraction of sp³-hybridized carbons (Fsp3) is 0. The fourth-order valence-electron chi connectivity index (χ4n) is 0. The largest absolute Gasteiger partial charge is 0.412 e. The molecule has 0 unspecified atom stereocenters. The normalized spacial score (nSPS) is 7.06. The number of hydrogen-bond donors (Lipinski definition) is 2. The first kappa shape index (κ1) is 65.8. The predicted molar refractivity (Wildman–Crippen MR) is 26.1 cm³/mol. The molecule has 0 aliphatic carbocycles. The summed E-state index contributed by atoms with van der Waals surface area (Å²) >= 11 is 0. The summed E-state index contributed by atoms with van der Waals surface area (Å²) in [5.74, 6) is 0. The van der Waals surface area contributed by atoms with E-state index in [9.17, 15) is 0 Å². The topological polar surface area (TPSA) is 368 Å². The van der Waals surface area contributed by atoms with Gasteiger partial charge >= 0.3 is 0 Å². The molecule has 0 aliphatic rings. The number of rotatable bonds is 0. The quantitative estimate of drug-likeness (QED) is 0.387. The Morgan fingerprint density at radius 2 is 0.471 bits per heavy atom. The van der Waals surface area contributed by atoms with Gasteiger partial charge in [-0.15, -0.1) is 0 Å². The maximum absolute atomic E-state index is 8.60. The van der Waals surface area contributed by atoms with Gasteiger partial charge in [-0.2, -0.15) is 28.0 Å². The van der Waals surface area contributed by atoms with E-state index in [4.69, 9.17) is 37.3 Å². The summed E-state index contributed by atoms with van der Waals surface area (Å²) in [6, 6.07) is 0. The third-order valence-corrected chi connectivity index (χ3v) is 0. The van der Waals surface area contributed by atoms with Crippen molar-refractivity contribution in [3.05, 3.63) is 0 Å². The molecular weight excluding hydrogens is 351 g/mol. The molecule has 0 aromatic rings. The van der Waals surface area contributed by atoms with Crippen LogP contribution in [0.2, 0.25) is 0 Å². The van der Waals surface area contributed by atoms with E-state index < -0.39 is 20.5 Å². The molecule has 0 heterocycles. The van der Waals surface area contributed by atoms with Gasteiger partial charge in [0.05, 0.1) is 29.8 Å². The molecule has 0 saturated heterocycles. The molecule has 0 fully saturated rings. The second-order valence-electron chi connectivity index (χ2n) is 0.792. The SMILES string of the molecule is O.O.O.O.O.O.[Fe].[O-][Cl+3]([O-])([O-])O.[O-][Cl+3]([O-])([O-])O. The van der Waals surface area contributed by atoms with Gasteiger partial charge < -0.3 is 32.9 Å². The molecule has 0 amide bonds. The molecule has 0 spiro atoms. The molecule has 17 heavy (non-hydrogen) atoms. The molecule has 17 heteroatoms. The molecule has 0 saturated carbocycles. The summed E-state index contributed by atoms with van der Waals surface area (Å²) in [5.41, 5.74) is 0. The first-order valence-corrected chi connectivity index (χ1v) is 3.79. The second kappa shape index (κ2) is 25.4. The zero-order valence-corrected chi connectivity index (χ0v) is 10.1. The average molecular weight is 365 g/mol. The van der Waals surface area contributed by atoms with E-state index in [0.717, 1.165) is 0 Å². The van der Waals surface area contributed by atoms with Crippen LogP contribution < -0.4 is 28.0 Å². The van der Waals surface area contributed by atoms with E-state index in [1.807, 2.05) is 0 Å². The van der Waals surface area contributed by atoms with Gasteiger partial charge in [0.15, 0.2) is 0 Å². The Hall–Kier alpha value is 0.539. The van der Waals surface area contributed by atoms with Crippen molar-refractivity contribution in [2.75, 3.05) is 0 Å². The van der Waals surface area contributed by atoms with E-state index >= 15 is 0 Å². The minimum Gasteiger partial charge on any atom is -0.412 e. The molecule has 0 aromatic carbocycles. The van der Waals surface area contributed by atoms with E-state index in [1.54, 1.807) is 0 Å². The minimum atomic E-state index is -4.69. The van der Waals surface area contributed by atoms with Crippen molar-refractivity contribution in [2.24, 2.45) is 0 Å². The summed E-state index contributed by atoms with van der Waals surface area (Å²) in [6.07, 6.45) is 0. The van der Waals surface area contributed by atoms with E-state index in [2.05, 4.69) is 0 Å².